The molecule has 1 aliphatic heterocycles. The molecule has 1 saturated carbocycles. The monoisotopic (exact) mass is 401 g/mol. The SMILES string of the molecule is CCS(=O)(=O)Nc1ccccc1C(=O)N1CCC(NCC2CC2)CC1.Cl. The van der Waals surface area contributed by atoms with Crippen LogP contribution in [-0.2, 0) is 10.0 Å². The first-order valence-electron chi connectivity index (χ1n) is 9.10. The molecule has 0 atom stereocenters. The number of benzene rings is 1. The number of rotatable bonds is 7. The third-order valence-electron chi connectivity index (χ3n) is 4.98. The summed E-state index contributed by atoms with van der Waals surface area (Å²) >= 11 is 0. The van der Waals surface area contributed by atoms with Crippen LogP contribution in [0.1, 0.15) is 43.0 Å². The molecule has 1 aromatic carbocycles. The summed E-state index contributed by atoms with van der Waals surface area (Å²) in [6, 6.07) is 7.31. The van der Waals surface area contributed by atoms with E-state index in [-0.39, 0.29) is 24.1 Å². The van der Waals surface area contributed by atoms with Gasteiger partial charge in [0.15, 0.2) is 0 Å². The molecule has 1 saturated heterocycles. The van der Waals surface area contributed by atoms with Gasteiger partial charge in [0.05, 0.1) is 17.0 Å². The van der Waals surface area contributed by atoms with E-state index < -0.39 is 10.0 Å². The van der Waals surface area contributed by atoms with E-state index in [1.54, 1.807) is 31.2 Å². The zero-order valence-corrected chi connectivity index (χ0v) is 16.7. The van der Waals surface area contributed by atoms with Crippen LogP contribution in [0.25, 0.3) is 0 Å². The molecule has 0 radical (unpaired) electrons. The van der Waals surface area contributed by atoms with Gasteiger partial charge in [0.2, 0.25) is 10.0 Å². The lowest BCUT2D eigenvalue weighted by Crippen LogP contribution is -2.45. The minimum absolute atomic E-state index is 0. The molecule has 3 rings (SSSR count). The molecular formula is C18H28ClN3O3S. The number of piperidine rings is 1. The van der Waals surface area contributed by atoms with Crippen molar-refractivity contribution in [2.75, 3.05) is 30.1 Å². The maximum absolute atomic E-state index is 12.8. The second-order valence-corrected chi connectivity index (χ2v) is 8.98. The smallest absolute Gasteiger partial charge is 0.255 e. The van der Waals surface area contributed by atoms with E-state index in [0.29, 0.717) is 30.4 Å². The molecule has 1 aromatic rings. The summed E-state index contributed by atoms with van der Waals surface area (Å²) in [6.07, 6.45) is 4.58. The molecule has 2 fully saturated rings. The summed E-state index contributed by atoms with van der Waals surface area (Å²) in [6.45, 7) is 4.08. The Labute approximate surface area is 162 Å². The molecular weight excluding hydrogens is 374 g/mol. The number of nitrogens with zero attached hydrogens (tertiary/aromatic N) is 1. The summed E-state index contributed by atoms with van der Waals surface area (Å²) in [5.41, 5.74) is 0.784. The number of anilines is 1. The Balaban J connectivity index is 0.00000243. The highest BCUT2D eigenvalue weighted by Gasteiger charge is 2.27. The van der Waals surface area contributed by atoms with Crippen molar-refractivity contribution in [2.24, 2.45) is 5.92 Å². The maximum Gasteiger partial charge on any atom is 0.255 e. The molecule has 0 spiro atoms. The van der Waals surface area contributed by atoms with Crippen molar-refractivity contribution in [3.8, 4) is 0 Å². The van der Waals surface area contributed by atoms with Gasteiger partial charge < -0.3 is 10.2 Å². The lowest BCUT2D eigenvalue weighted by molar-refractivity contribution is 0.0706. The highest BCUT2D eigenvalue weighted by molar-refractivity contribution is 7.92. The van der Waals surface area contributed by atoms with Crippen molar-refractivity contribution in [2.45, 2.75) is 38.6 Å². The van der Waals surface area contributed by atoms with Crippen molar-refractivity contribution in [3.05, 3.63) is 29.8 Å². The van der Waals surface area contributed by atoms with Crippen molar-refractivity contribution in [1.82, 2.24) is 10.2 Å². The van der Waals surface area contributed by atoms with Crippen LogP contribution in [0.2, 0.25) is 0 Å². The Hall–Kier alpha value is -1.31. The average molecular weight is 402 g/mol. The third-order valence-corrected chi connectivity index (χ3v) is 6.27. The summed E-state index contributed by atoms with van der Waals surface area (Å²) in [4.78, 5) is 14.7. The number of para-hydroxylation sites is 1. The molecule has 26 heavy (non-hydrogen) atoms. The minimum Gasteiger partial charge on any atom is -0.338 e. The minimum atomic E-state index is -3.41. The number of halogens is 1. The number of likely N-dealkylation sites (tertiary alicyclic amines) is 1. The zero-order chi connectivity index (χ0) is 17.9. The van der Waals surface area contributed by atoms with Gasteiger partial charge >= 0.3 is 0 Å². The fraction of sp³-hybridized carbons (Fsp3) is 0.611. The summed E-state index contributed by atoms with van der Waals surface area (Å²) in [7, 11) is -3.41. The van der Waals surface area contributed by atoms with Crippen LogP contribution in [-0.4, -0.2) is 50.7 Å². The molecule has 1 aliphatic carbocycles. The van der Waals surface area contributed by atoms with Gasteiger partial charge in [0.1, 0.15) is 0 Å². The molecule has 8 heteroatoms. The van der Waals surface area contributed by atoms with Crippen LogP contribution >= 0.6 is 12.4 Å². The van der Waals surface area contributed by atoms with Gasteiger partial charge in [0.25, 0.3) is 5.91 Å². The standard InChI is InChI=1S/C18H27N3O3S.ClH/c1-2-25(23,24)20-17-6-4-3-5-16(17)18(22)21-11-9-15(10-12-21)19-13-14-7-8-14;/h3-6,14-15,19-20H,2,7-13H2,1H3;1H. The van der Waals surface area contributed by atoms with Gasteiger partial charge in [-0.15, -0.1) is 12.4 Å². The number of amides is 1. The van der Waals surface area contributed by atoms with Crippen LogP contribution in [0.5, 0.6) is 0 Å². The average Bonchev–Trinajstić information content (AvgIpc) is 3.44. The number of carbonyl (C=O) groups excluding carboxylic acids is 1. The van der Waals surface area contributed by atoms with E-state index in [4.69, 9.17) is 0 Å². The van der Waals surface area contributed by atoms with E-state index in [9.17, 15) is 13.2 Å². The first-order valence-corrected chi connectivity index (χ1v) is 10.8. The van der Waals surface area contributed by atoms with Gasteiger partial charge in [-0.3, -0.25) is 9.52 Å². The van der Waals surface area contributed by atoms with Crippen LogP contribution < -0.4 is 10.0 Å². The number of nitrogens with one attached hydrogen (secondary N) is 2. The normalized spacial score (nSPS) is 18.3. The Bertz CT molecular complexity index is 714. The summed E-state index contributed by atoms with van der Waals surface area (Å²) < 4.78 is 26.2. The molecule has 0 aromatic heterocycles. The predicted octanol–water partition coefficient (Wildman–Crippen LogP) is 2.47. The third kappa shape index (κ3) is 5.59. The first-order chi connectivity index (χ1) is 12.0. The highest BCUT2D eigenvalue weighted by Crippen LogP contribution is 2.28. The zero-order valence-electron chi connectivity index (χ0n) is 15.1. The number of carbonyl (C=O) groups is 1. The number of sulfonamides is 1. The first kappa shape index (κ1) is 21.0. The molecule has 2 aliphatic rings. The Morgan fingerprint density at radius 1 is 1.15 bits per heavy atom. The quantitative estimate of drug-likeness (QED) is 0.735. The molecule has 0 bridgehead atoms. The maximum atomic E-state index is 12.8. The molecule has 146 valence electrons. The van der Waals surface area contributed by atoms with E-state index in [0.717, 1.165) is 25.3 Å². The van der Waals surface area contributed by atoms with Crippen LogP contribution in [0.3, 0.4) is 0 Å². The largest absolute Gasteiger partial charge is 0.338 e. The Kier molecular flexibility index (Phi) is 7.32. The predicted molar refractivity (Wildman–Crippen MR) is 106 cm³/mol. The van der Waals surface area contributed by atoms with Crippen molar-refractivity contribution in [3.63, 3.8) is 0 Å². The molecule has 6 nitrogen and oxygen atoms in total. The number of hydrogen-bond donors (Lipinski definition) is 2. The van der Waals surface area contributed by atoms with Gasteiger partial charge in [-0.1, -0.05) is 12.1 Å². The van der Waals surface area contributed by atoms with Crippen molar-refractivity contribution in [1.29, 1.82) is 0 Å². The Morgan fingerprint density at radius 3 is 2.42 bits per heavy atom. The van der Waals surface area contributed by atoms with Gasteiger partial charge in [-0.25, -0.2) is 8.42 Å². The second kappa shape index (κ2) is 9.06. The lowest BCUT2D eigenvalue weighted by atomic mass is 10.0. The highest BCUT2D eigenvalue weighted by atomic mass is 35.5. The second-order valence-electron chi connectivity index (χ2n) is 6.97. The summed E-state index contributed by atoms with van der Waals surface area (Å²) in [5.74, 6) is 0.737. The topological polar surface area (TPSA) is 78.5 Å². The molecule has 0 unspecified atom stereocenters. The lowest BCUT2D eigenvalue weighted by Gasteiger charge is -2.33. The van der Waals surface area contributed by atoms with Crippen molar-refractivity contribution < 1.29 is 13.2 Å². The fourth-order valence-corrected chi connectivity index (χ4v) is 3.77. The van der Waals surface area contributed by atoms with Gasteiger partial charge in [-0.2, -0.15) is 0 Å². The van der Waals surface area contributed by atoms with E-state index in [1.807, 2.05) is 4.90 Å². The fourth-order valence-electron chi connectivity index (χ4n) is 3.11. The molecule has 1 heterocycles. The van der Waals surface area contributed by atoms with Gasteiger partial charge in [-0.05, 0) is 57.2 Å². The number of hydrogen-bond acceptors (Lipinski definition) is 4. The summed E-state index contributed by atoms with van der Waals surface area (Å²) in [5, 5.41) is 3.60. The van der Waals surface area contributed by atoms with Crippen molar-refractivity contribution >= 4 is 34.0 Å². The Morgan fingerprint density at radius 2 is 1.81 bits per heavy atom. The van der Waals surface area contributed by atoms with Crippen LogP contribution in [0, 0.1) is 5.92 Å². The van der Waals surface area contributed by atoms with Crippen LogP contribution in [0.4, 0.5) is 5.69 Å². The van der Waals surface area contributed by atoms with Crippen LogP contribution in [0.15, 0.2) is 24.3 Å². The van der Waals surface area contributed by atoms with E-state index >= 15 is 0 Å². The molecule has 2 N–H and O–H groups in total. The van der Waals surface area contributed by atoms with E-state index in [1.165, 1.54) is 12.8 Å². The molecule has 1 amide bonds. The van der Waals surface area contributed by atoms with E-state index in [2.05, 4.69) is 10.0 Å². The van der Waals surface area contributed by atoms with Gasteiger partial charge in [0, 0.05) is 19.1 Å².